The molecule has 0 saturated heterocycles. The number of amides is 1. The summed E-state index contributed by atoms with van der Waals surface area (Å²) in [5, 5.41) is 7.49. The number of halogens is 1. The number of aryl methyl sites for hydroxylation is 1. The van der Waals surface area contributed by atoms with Crippen LogP contribution in [0.15, 0.2) is 30.5 Å². The van der Waals surface area contributed by atoms with Crippen LogP contribution in [0.3, 0.4) is 0 Å². The Kier molecular flexibility index (Phi) is 5.87. The van der Waals surface area contributed by atoms with Crippen LogP contribution >= 0.6 is 11.6 Å². The third kappa shape index (κ3) is 4.38. The number of carbonyl (C=O) groups is 1. The summed E-state index contributed by atoms with van der Waals surface area (Å²) >= 11 is 6.00. The second kappa shape index (κ2) is 8.42. The molecule has 2 aliphatic rings. The van der Waals surface area contributed by atoms with E-state index >= 15 is 0 Å². The van der Waals surface area contributed by atoms with Crippen LogP contribution in [0, 0.1) is 6.92 Å². The minimum absolute atomic E-state index is 0.165. The lowest BCUT2D eigenvalue weighted by atomic mass is 9.89. The fourth-order valence-corrected chi connectivity index (χ4v) is 4.51. The van der Waals surface area contributed by atoms with Gasteiger partial charge >= 0.3 is 0 Å². The van der Waals surface area contributed by atoms with Crippen LogP contribution in [0.1, 0.15) is 49.7 Å². The summed E-state index contributed by atoms with van der Waals surface area (Å²) in [6, 6.07) is 8.28. The van der Waals surface area contributed by atoms with Gasteiger partial charge in [-0.3, -0.25) is 4.79 Å². The molecule has 160 valence electrons. The van der Waals surface area contributed by atoms with Gasteiger partial charge in [0.2, 0.25) is 11.9 Å². The second-order valence-corrected chi connectivity index (χ2v) is 9.29. The molecule has 1 aromatic carbocycles. The number of nitrogens with zero attached hydrogens (tertiary/aromatic N) is 3. The molecule has 2 saturated carbocycles. The molecular weight excluding hydrogens is 398 g/mol. The molecule has 2 aromatic rings. The van der Waals surface area contributed by atoms with E-state index in [4.69, 9.17) is 11.6 Å². The van der Waals surface area contributed by atoms with Crippen LogP contribution in [0.2, 0.25) is 5.02 Å². The van der Waals surface area contributed by atoms with Crippen molar-refractivity contribution in [2.75, 3.05) is 24.3 Å². The Balaban J connectivity index is 1.30. The summed E-state index contributed by atoms with van der Waals surface area (Å²) in [5.41, 5.74) is 1.79. The summed E-state index contributed by atoms with van der Waals surface area (Å²) in [5.74, 6) is 1.78. The highest BCUT2D eigenvalue weighted by molar-refractivity contribution is 6.30. The number of aromatic nitrogens is 2. The molecule has 1 amide bonds. The SMILES string of the molecule is Cc1cnc(N[C@H]2CC[C@@H](NC(=O)C3(c4ccc(Cl)cc4)CC3)CC2)nc1N(C)C. The summed E-state index contributed by atoms with van der Waals surface area (Å²) in [4.78, 5) is 24.1. The van der Waals surface area contributed by atoms with Gasteiger partial charge in [0.05, 0.1) is 5.41 Å². The standard InChI is InChI=1S/C23H30ClN5O/c1-15-14-25-22(28-20(15)29(2)3)27-19-10-8-18(9-11-19)26-21(30)23(12-13-23)16-4-6-17(24)7-5-16/h4-7,14,18-19H,8-13H2,1-3H3,(H,26,30)(H,25,27,28)/t18-,19+. The molecular formula is C23H30ClN5O. The fourth-order valence-electron chi connectivity index (χ4n) is 4.38. The molecule has 0 radical (unpaired) electrons. The first-order valence-electron chi connectivity index (χ1n) is 10.7. The zero-order valence-electron chi connectivity index (χ0n) is 17.9. The number of hydrogen-bond acceptors (Lipinski definition) is 5. The molecule has 2 aliphatic carbocycles. The Bertz CT molecular complexity index is 902. The van der Waals surface area contributed by atoms with Crippen molar-refractivity contribution in [3.8, 4) is 0 Å². The van der Waals surface area contributed by atoms with Gasteiger partial charge < -0.3 is 15.5 Å². The van der Waals surface area contributed by atoms with Crippen LogP contribution in [0.4, 0.5) is 11.8 Å². The Morgan fingerprint density at radius 2 is 1.73 bits per heavy atom. The van der Waals surface area contributed by atoms with Crippen LogP contribution < -0.4 is 15.5 Å². The highest BCUT2D eigenvalue weighted by Gasteiger charge is 2.51. The van der Waals surface area contributed by atoms with E-state index in [0.29, 0.717) is 17.0 Å². The maximum Gasteiger partial charge on any atom is 0.230 e. The van der Waals surface area contributed by atoms with Gasteiger partial charge in [-0.2, -0.15) is 4.98 Å². The topological polar surface area (TPSA) is 70.1 Å². The lowest BCUT2D eigenvalue weighted by molar-refractivity contribution is -0.124. The summed E-state index contributed by atoms with van der Waals surface area (Å²) in [7, 11) is 3.98. The molecule has 0 atom stereocenters. The number of anilines is 2. The number of rotatable bonds is 6. The highest BCUT2D eigenvalue weighted by Crippen LogP contribution is 2.48. The van der Waals surface area contributed by atoms with Crippen molar-refractivity contribution < 1.29 is 4.79 Å². The van der Waals surface area contributed by atoms with Gasteiger partial charge in [0, 0.05) is 43.0 Å². The number of hydrogen-bond donors (Lipinski definition) is 2. The first kappa shape index (κ1) is 20.9. The summed E-state index contributed by atoms with van der Waals surface area (Å²) < 4.78 is 0. The van der Waals surface area contributed by atoms with Crippen molar-refractivity contribution >= 4 is 29.3 Å². The lowest BCUT2D eigenvalue weighted by Gasteiger charge is -2.31. The Hall–Kier alpha value is -2.34. The molecule has 6 nitrogen and oxygen atoms in total. The van der Waals surface area contributed by atoms with E-state index in [-0.39, 0.29) is 17.4 Å². The molecule has 30 heavy (non-hydrogen) atoms. The predicted molar refractivity (Wildman–Crippen MR) is 121 cm³/mol. The third-order valence-corrected chi connectivity index (χ3v) is 6.60. The molecule has 2 N–H and O–H groups in total. The average molecular weight is 428 g/mol. The van der Waals surface area contributed by atoms with E-state index in [1.807, 2.05) is 56.4 Å². The normalized spacial score (nSPS) is 22.3. The van der Waals surface area contributed by atoms with E-state index in [1.54, 1.807) is 0 Å². The van der Waals surface area contributed by atoms with Gasteiger partial charge in [0.1, 0.15) is 5.82 Å². The Morgan fingerprint density at radius 1 is 1.10 bits per heavy atom. The average Bonchev–Trinajstić information content (AvgIpc) is 3.53. The Labute approximate surface area is 183 Å². The maximum absolute atomic E-state index is 13.0. The van der Waals surface area contributed by atoms with Gasteiger partial charge in [-0.25, -0.2) is 4.98 Å². The predicted octanol–water partition coefficient (Wildman–Crippen LogP) is 4.08. The fraction of sp³-hybridized carbons (Fsp3) is 0.522. The van der Waals surface area contributed by atoms with Crippen molar-refractivity contribution in [3.63, 3.8) is 0 Å². The monoisotopic (exact) mass is 427 g/mol. The maximum atomic E-state index is 13.0. The minimum Gasteiger partial charge on any atom is -0.362 e. The van der Waals surface area contributed by atoms with E-state index in [2.05, 4.69) is 20.6 Å². The summed E-state index contributed by atoms with van der Waals surface area (Å²) in [6.07, 6.45) is 7.61. The summed E-state index contributed by atoms with van der Waals surface area (Å²) in [6.45, 7) is 2.02. The third-order valence-electron chi connectivity index (χ3n) is 6.35. The molecule has 0 unspecified atom stereocenters. The quantitative estimate of drug-likeness (QED) is 0.727. The molecule has 1 aromatic heterocycles. The van der Waals surface area contributed by atoms with Gasteiger partial charge in [0.25, 0.3) is 0 Å². The zero-order chi connectivity index (χ0) is 21.3. The van der Waals surface area contributed by atoms with Crippen molar-refractivity contribution in [2.24, 2.45) is 0 Å². The largest absolute Gasteiger partial charge is 0.362 e. The smallest absolute Gasteiger partial charge is 0.230 e. The first-order chi connectivity index (χ1) is 14.4. The zero-order valence-corrected chi connectivity index (χ0v) is 18.7. The molecule has 0 spiro atoms. The molecule has 1 heterocycles. The van der Waals surface area contributed by atoms with Crippen LogP contribution in [0.25, 0.3) is 0 Å². The van der Waals surface area contributed by atoms with Gasteiger partial charge in [-0.05, 0) is 63.1 Å². The lowest BCUT2D eigenvalue weighted by Crippen LogP contribution is -2.44. The first-order valence-corrected chi connectivity index (χ1v) is 11.1. The van der Waals surface area contributed by atoms with E-state index in [9.17, 15) is 4.79 Å². The van der Waals surface area contributed by atoms with Crippen LogP contribution in [0.5, 0.6) is 0 Å². The second-order valence-electron chi connectivity index (χ2n) is 8.85. The van der Waals surface area contributed by atoms with E-state index < -0.39 is 0 Å². The van der Waals surface area contributed by atoms with Gasteiger partial charge in [-0.15, -0.1) is 0 Å². The molecule has 0 bridgehead atoms. The van der Waals surface area contributed by atoms with Crippen molar-refractivity contribution in [1.29, 1.82) is 0 Å². The molecule has 0 aliphatic heterocycles. The number of benzene rings is 1. The van der Waals surface area contributed by atoms with Gasteiger partial charge in [-0.1, -0.05) is 23.7 Å². The number of nitrogens with one attached hydrogen (secondary N) is 2. The Morgan fingerprint density at radius 3 is 2.33 bits per heavy atom. The van der Waals surface area contributed by atoms with Crippen molar-refractivity contribution in [2.45, 2.75) is 62.9 Å². The highest BCUT2D eigenvalue weighted by atomic mass is 35.5. The van der Waals surface area contributed by atoms with E-state index in [0.717, 1.165) is 55.5 Å². The van der Waals surface area contributed by atoms with Gasteiger partial charge in [0.15, 0.2) is 0 Å². The minimum atomic E-state index is -0.349. The number of carbonyl (C=O) groups excluding carboxylic acids is 1. The van der Waals surface area contributed by atoms with Crippen LogP contribution in [-0.4, -0.2) is 42.1 Å². The molecule has 2 fully saturated rings. The molecule has 4 rings (SSSR count). The molecule has 7 heteroatoms. The van der Waals surface area contributed by atoms with Crippen molar-refractivity contribution in [1.82, 2.24) is 15.3 Å². The van der Waals surface area contributed by atoms with E-state index in [1.165, 1.54) is 0 Å². The van der Waals surface area contributed by atoms with Crippen LogP contribution in [-0.2, 0) is 10.2 Å². The van der Waals surface area contributed by atoms with Crippen molar-refractivity contribution in [3.05, 3.63) is 46.6 Å².